The number of fused-ring (bicyclic) bond motifs is 3. The predicted octanol–water partition coefficient (Wildman–Crippen LogP) is 8.64. The molecule has 0 spiro atoms. The molecule has 3 fully saturated rings. The highest BCUT2D eigenvalue weighted by molar-refractivity contribution is 8.25. The normalized spacial score (nSPS) is 23.1. The number of nitrogens with zero attached hydrogens (tertiary/aromatic N) is 3. The summed E-state index contributed by atoms with van der Waals surface area (Å²) in [6.07, 6.45) is 7.47. The molecule has 3 aliphatic heterocycles. The van der Waals surface area contributed by atoms with Gasteiger partial charge in [0, 0.05) is 29.9 Å². The fraction of sp³-hybridized carbons (Fsp3) is 0.238. The number of hydrogen-bond donors (Lipinski definition) is 1. The Bertz CT molecular complexity index is 2080. The van der Waals surface area contributed by atoms with Gasteiger partial charge in [-0.1, -0.05) is 121 Å². The van der Waals surface area contributed by atoms with E-state index in [1.165, 1.54) is 61.3 Å². The molecule has 0 aromatic heterocycles. The molecule has 4 aromatic carbocycles. The van der Waals surface area contributed by atoms with Gasteiger partial charge in [0.25, 0.3) is 5.91 Å². The number of thioether (sulfide) groups is 2. The molecule has 262 valence electrons. The van der Waals surface area contributed by atoms with E-state index in [0.717, 1.165) is 36.1 Å². The van der Waals surface area contributed by atoms with Crippen LogP contribution in [-0.2, 0) is 14.4 Å². The zero-order chi connectivity index (χ0) is 35.9. The molecule has 52 heavy (non-hydrogen) atoms. The highest BCUT2D eigenvalue weighted by Crippen LogP contribution is 2.53. The molecule has 4 atom stereocenters. The van der Waals surface area contributed by atoms with Crippen molar-refractivity contribution < 1.29 is 19.5 Å². The number of carboxylic acids is 1. The van der Waals surface area contributed by atoms with Crippen molar-refractivity contribution in [2.75, 3.05) is 18.0 Å². The van der Waals surface area contributed by atoms with Crippen LogP contribution in [0.15, 0.2) is 108 Å². The van der Waals surface area contributed by atoms with Gasteiger partial charge in [0.15, 0.2) is 0 Å². The van der Waals surface area contributed by atoms with Crippen LogP contribution in [0.25, 0.3) is 17.7 Å². The van der Waals surface area contributed by atoms with Crippen LogP contribution in [0.2, 0.25) is 0 Å². The summed E-state index contributed by atoms with van der Waals surface area (Å²) in [5, 5.41) is 8.35. The van der Waals surface area contributed by atoms with Crippen molar-refractivity contribution in [3.05, 3.63) is 136 Å². The lowest BCUT2D eigenvalue weighted by Crippen LogP contribution is -2.45. The van der Waals surface area contributed by atoms with Gasteiger partial charge in [-0.2, -0.15) is 0 Å². The smallest absolute Gasteiger partial charge is 0.323 e. The van der Waals surface area contributed by atoms with Crippen molar-refractivity contribution in [2.24, 2.45) is 0 Å². The number of anilines is 2. The standard InChI is InChI=1S/C42H37N3O4S3/c1-2-43-40(49)38(52-42(43)50)41-44(25-37(46)47)39(48)36(51-41)24-27-18-21-35-33(23-27)31-14-9-15-34(31)45(35)30-19-16-26(17-20-30)22-32(28-10-5-3-6-11-28)29-12-7-4-8-13-29/h3-8,10-13,16-24,31,34,38,41H,2,9,14-15,25H2,1H3,(H,46,47)/b36-24-. The Morgan fingerprint density at radius 3 is 2.19 bits per heavy atom. The zero-order valence-electron chi connectivity index (χ0n) is 28.6. The van der Waals surface area contributed by atoms with Gasteiger partial charge in [0.05, 0.1) is 4.91 Å². The van der Waals surface area contributed by atoms with Crippen LogP contribution < -0.4 is 4.90 Å². The highest BCUT2D eigenvalue weighted by atomic mass is 32.2. The Hall–Kier alpha value is -4.64. The molecule has 4 aliphatic rings. The first-order valence-corrected chi connectivity index (χ1v) is 19.8. The van der Waals surface area contributed by atoms with Crippen molar-refractivity contribution in [1.29, 1.82) is 0 Å². The Morgan fingerprint density at radius 2 is 1.56 bits per heavy atom. The molecule has 4 aromatic rings. The van der Waals surface area contributed by atoms with Crippen LogP contribution in [-0.4, -0.2) is 66.8 Å². The molecule has 0 bridgehead atoms. The summed E-state index contributed by atoms with van der Waals surface area (Å²) in [5.74, 6) is -1.29. The van der Waals surface area contributed by atoms with E-state index in [1.807, 2.05) is 31.2 Å². The third-order valence-electron chi connectivity index (χ3n) is 10.3. The minimum Gasteiger partial charge on any atom is -0.480 e. The lowest BCUT2D eigenvalue weighted by Gasteiger charge is -2.27. The Kier molecular flexibility index (Phi) is 9.55. The van der Waals surface area contributed by atoms with E-state index in [9.17, 15) is 19.5 Å². The summed E-state index contributed by atoms with van der Waals surface area (Å²) >= 11 is 7.92. The topological polar surface area (TPSA) is 81.2 Å². The second-order valence-electron chi connectivity index (χ2n) is 13.4. The van der Waals surface area contributed by atoms with E-state index in [1.54, 1.807) is 0 Å². The van der Waals surface area contributed by atoms with Crippen molar-refractivity contribution in [1.82, 2.24) is 9.80 Å². The van der Waals surface area contributed by atoms with Crippen molar-refractivity contribution >= 4 is 86.9 Å². The molecule has 2 amide bonds. The van der Waals surface area contributed by atoms with Crippen LogP contribution in [0.1, 0.15) is 59.9 Å². The van der Waals surface area contributed by atoms with Gasteiger partial charge >= 0.3 is 5.97 Å². The van der Waals surface area contributed by atoms with Gasteiger partial charge in [-0.25, -0.2) is 0 Å². The third-order valence-corrected chi connectivity index (χ3v) is 13.5. The SMILES string of the molecule is CCN1C(=O)C(C2S/C(=C\c3ccc4c(c3)C3CCCC3N4c3ccc(C=C(c4ccccc4)c4ccccc4)cc3)C(=O)N2CC(=O)O)SC1=S. The summed E-state index contributed by atoms with van der Waals surface area (Å²) in [6, 6.07) is 36.5. The molecule has 8 rings (SSSR count). The molecule has 3 heterocycles. The number of aliphatic carboxylic acids is 1. The Balaban J connectivity index is 1.08. The molecule has 0 radical (unpaired) electrons. The average molecular weight is 744 g/mol. The monoisotopic (exact) mass is 743 g/mol. The quantitative estimate of drug-likeness (QED) is 0.104. The lowest BCUT2D eigenvalue weighted by molar-refractivity contribution is -0.143. The first-order valence-electron chi connectivity index (χ1n) is 17.6. The van der Waals surface area contributed by atoms with E-state index in [0.29, 0.717) is 27.7 Å². The number of benzene rings is 4. The molecule has 1 N–H and O–H groups in total. The number of carbonyl (C=O) groups is 3. The molecule has 1 saturated carbocycles. The molecule has 10 heteroatoms. The Morgan fingerprint density at radius 1 is 0.885 bits per heavy atom. The second kappa shape index (κ2) is 14.4. The van der Waals surface area contributed by atoms with E-state index >= 15 is 0 Å². The van der Waals surface area contributed by atoms with Crippen LogP contribution >= 0.6 is 35.7 Å². The second-order valence-corrected chi connectivity index (χ2v) is 16.3. The molecule has 2 saturated heterocycles. The van der Waals surface area contributed by atoms with Gasteiger partial charge in [0.2, 0.25) is 5.91 Å². The minimum absolute atomic E-state index is 0.179. The predicted molar refractivity (Wildman–Crippen MR) is 215 cm³/mol. The first-order chi connectivity index (χ1) is 25.3. The number of hydrogen-bond acceptors (Lipinski definition) is 7. The van der Waals surface area contributed by atoms with E-state index < -0.39 is 23.1 Å². The number of amides is 2. The van der Waals surface area contributed by atoms with Crippen molar-refractivity contribution in [2.45, 2.75) is 48.8 Å². The van der Waals surface area contributed by atoms with Crippen LogP contribution in [0.5, 0.6) is 0 Å². The molecular weight excluding hydrogens is 707 g/mol. The van der Waals surface area contributed by atoms with E-state index in [4.69, 9.17) is 12.2 Å². The summed E-state index contributed by atoms with van der Waals surface area (Å²) in [5.41, 5.74) is 9.16. The highest BCUT2D eigenvalue weighted by Gasteiger charge is 2.50. The maximum atomic E-state index is 13.7. The van der Waals surface area contributed by atoms with E-state index in [2.05, 4.69) is 95.9 Å². The third kappa shape index (κ3) is 6.37. The van der Waals surface area contributed by atoms with Gasteiger partial charge in [0.1, 0.15) is 21.5 Å². The number of rotatable bonds is 9. The first kappa shape index (κ1) is 34.4. The molecule has 1 aliphatic carbocycles. The lowest BCUT2D eigenvalue weighted by atomic mass is 9.95. The van der Waals surface area contributed by atoms with E-state index in [-0.39, 0.29) is 11.8 Å². The zero-order valence-corrected chi connectivity index (χ0v) is 31.0. The fourth-order valence-electron chi connectivity index (χ4n) is 7.98. The van der Waals surface area contributed by atoms with Gasteiger partial charge in [-0.15, -0.1) is 0 Å². The van der Waals surface area contributed by atoms with Crippen LogP contribution in [0, 0.1) is 0 Å². The van der Waals surface area contributed by atoms with Crippen LogP contribution in [0.4, 0.5) is 11.4 Å². The van der Waals surface area contributed by atoms with Crippen molar-refractivity contribution in [3.8, 4) is 0 Å². The summed E-state index contributed by atoms with van der Waals surface area (Å²) in [4.78, 5) is 44.4. The van der Waals surface area contributed by atoms with Gasteiger partial charge in [-0.3, -0.25) is 19.3 Å². The fourth-order valence-corrected chi connectivity index (χ4v) is 11.1. The maximum absolute atomic E-state index is 13.7. The number of carboxylic acid groups (broad SMARTS) is 1. The van der Waals surface area contributed by atoms with Gasteiger partial charge in [-0.05, 0) is 89.6 Å². The molecule has 4 unspecified atom stereocenters. The summed E-state index contributed by atoms with van der Waals surface area (Å²) in [7, 11) is 0. The van der Waals surface area contributed by atoms with Gasteiger partial charge < -0.3 is 14.9 Å². The summed E-state index contributed by atoms with van der Waals surface area (Å²) < 4.78 is 0.461. The largest absolute Gasteiger partial charge is 0.480 e. The van der Waals surface area contributed by atoms with Crippen molar-refractivity contribution in [3.63, 3.8) is 0 Å². The Labute approximate surface area is 317 Å². The minimum atomic E-state index is -1.12. The molecular formula is C42H37N3O4S3. The maximum Gasteiger partial charge on any atom is 0.323 e. The number of thiocarbonyl (C=S) groups is 1. The molecule has 7 nitrogen and oxygen atoms in total. The van der Waals surface area contributed by atoms with Crippen LogP contribution in [0.3, 0.4) is 0 Å². The number of carbonyl (C=O) groups excluding carboxylic acids is 2. The average Bonchev–Trinajstić information content (AvgIpc) is 3.90. The summed E-state index contributed by atoms with van der Waals surface area (Å²) in [6.45, 7) is 1.81.